The molecule has 38 heavy (non-hydrogen) atoms. The Hall–Kier alpha value is -2.72. The minimum atomic E-state index is -1.05. The number of piperazine rings is 1. The molecule has 202 valence electrons. The number of benzene rings is 2. The molecule has 11 heteroatoms. The van der Waals surface area contributed by atoms with E-state index in [2.05, 4.69) is 4.90 Å². The highest BCUT2D eigenvalue weighted by molar-refractivity contribution is 6.42. The van der Waals surface area contributed by atoms with Crippen LogP contribution in [0.1, 0.15) is 33.6 Å². The number of carbonyl (C=O) groups excluding carboxylic acids is 3. The van der Waals surface area contributed by atoms with Crippen LogP contribution in [0.5, 0.6) is 0 Å². The van der Waals surface area contributed by atoms with Crippen molar-refractivity contribution in [2.24, 2.45) is 0 Å². The van der Waals surface area contributed by atoms with Crippen LogP contribution < -0.4 is 0 Å². The Morgan fingerprint density at radius 1 is 0.842 bits per heavy atom. The Balaban J connectivity index is 1.38. The SMILES string of the molecule is CN1CCN(C(=O)C2COC3(CCN(C(=O)c4ccc(Cl)c(Cl)c4)CC3)N2C(=O)c2ccc(F)cc2)CC1. The zero-order chi connectivity index (χ0) is 27.0. The van der Waals surface area contributed by atoms with Gasteiger partial charge in [0, 0.05) is 63.2 Å². The molecular formula is C27H29Cl2FN4O4. The Morgan fingerprint density at radius 3 is 2.11 bits per heavy atom. The summed E-state index contributed by atoms with van der Waals surface area (Å²) in [4.78, 5) is 47.8. The summed E-state index contributed by atoms with van der Waals surface area (Å²) in [7, 11) is 2.01. The molecule has 5 rings (SSSR count). The van der Waals surface area contributed by atoms with Gasteiger partial charge in [0.25, 0.3) is 11.8 Å². The largest absolute Gasteiger partial charge is 0.353 e. The molecule has 0 aliphatic carbocycles. The lowest BCUT2D eigenvalue weighted by molar-refractivity contribution is -0.139. The summed E-state index contributed by atoms with van der Waals surface area (Å²) < 4.78 is 19.9. The molecule has 0 N–H and O–H groups in total. The molecule has 2 aromatic rings. The highest BCUT2D eigenvalue weighted by Crippen LogP contribution is 2.39. The van der Waals surface area contributed by atoms with Gasteiger partial charge < -0.3 is 19.4 Å². The van der Waals surface area contributed by atoms with E-state index < -0.39 is 17.6 Å². The average molecular weight is 563 g/mol. The Morgan fingerprint density at radius 2 is 1.47 bits per heavy atom. The summed E-state index contributed by atoms with van der Waals surface area (Å²) in [5.41, 5.74) is -0.348. The van der Waals surface area contributed by atoms with Gasteiger partial charge in [-0.2, -0.15) is 0 Å². The van der Waals surface area contributed by atoms with E-state index in [1.807, 2.05) is 7.05 Å². The van der Waals surface area contributed by atoms with Gasteiger partial charge in [0.15, 0.2) is 0 Å². The molecule has 1 unspecified atom stereocenters. The number of ether oxygens (including phenoxy) is 1. The smallest absolute Gasteiger partial charge is 0.256 e. The fourth-order valence-corrected chi connectivity index (χ4v) is 5.69. The molecule has 3 fully saturated rings. The summed E-state index contributed by atoms with van der Waals surface area (Å²) >= 11 is 12.1. The summed E-state index contributed by atoms with van der Waals surface area (Å²) in [5, 5.41) is 0.664. The Labute approximate surface area is 230 Å². The second kappa shape index (κ2) is 10.8. The average Bonchev–Trinajstić information content (AvgIpc) is 3.28. The number of halogens is 3. The van der Waals surface area contributed by atoms with Crippen LogP contribution in [0.15, 0.2) is 42.5 Å². The number of hydrogen-bond donors (Lipinski definition) is 0. The summed E-state index contributed by atoms with van der Waals surface area (Å²) in [6, 6.07) is 9.25. The van der Waals surface area contributed by atoms with Gasteiger partial charge in [-0.25, -0.2) is 4.39 Å². The minimum Gasteiger partial charge on any atom is -0.353 e. The van der Waals surface area contributed by atoms with Gasteiger partial charge >= 0.3 is 0 Å². The van der Waals surface area contributed by atoms with E-state index in [1.165, 1.54) is 30.3 Å². The molecule has 3 heterocycles. The maximum absolute atomic E-state index is 13.8. The molecular weight excluding hydrogens is 534 g/mol. The van der Waals surface area contributed by atoms with Crippen LogP contribution in [0.4, 0.5) is 4.39 Å². The van der Waals surface area contributed by atoms with Crippen LogP contribution in [0.2, 0.25) is 10.0 Å². The first-order valence-corrected chi connectivity index (χ1v) is 13.4. The van der Waals surface area contributed by atoms with Crippen LogP contribution in [-0.2, 0) is 9.53 Å². The fraction of sp³-hybridized carbons (Fsp3) is 0.444. The molecule has 0 saturated carbocycles. The molecule has 8 nitrogen and oxygen atoms in total. The maximum Gasteiger partial charge on any atom is 0.256 e. The molecule has 3 aliphatic rings. The number of piperidine rings is 1. The first kappa shape index (κ1) is 26.9. The third-order valence-corrected chi connectivity index (χ3v) is 8.41. The molecule has 1 spiro atoms. The summed E-state index contributed by atoms with van der Waals surface area (Å²) in [6.07, 6.45) is 0.666. The molecule has 3 amide bonds. The molecule has 1 atom stereocenters. The van der Waals surface area contributed by atoms with Gasteiger partial charge in [-0.1, -0.05) is 23.2 Å². The zero-order valence-corrected chi connectivity index (χ0v) is 22.6. The van der Waals surface area contributed by atoms with Crippen LogP contribution >= 0.6 is 23.2 Å². The van der Waals surface area contributed by atoms with Crippen molar-refractivity contribution in [3.05, 3.63) is 69.5 Å². The van der Waals surface area contributed by atoms with Crippen molar-refractivity contribution >= 4 is 40.9 Å². The van der Waals surface area contributed by atoms with Crippen molar-refractivity contribution < 1.29 is 23.5 Å². The zero-order valence-electron chi connectivity index (χ0n) is 21.0. The molecule has 0 bridgehead atoms. The maximum atomic E-state index is 13.8. The van der Waals surface area contributed by atoms with Crippen molar-refractivity contribution in [2.45, 2.75) is 24.6 Å². The number of likely N-dealkylation sites (tertiary alicyclic amines) is 1. The second-order valence-corrected chi connectivity index (χ2v) is 10.8. The third kappa shape index (κ3) is 5.12. The molecule has 3 aliphatic heterocycles. The van der Waals surface area contributed by atoms with Crippen molar-refractivity contribution in [2.75, 3.05) is 52.9 Å². The van der Waals surface area contributed by atoms with Gasteiger partial charge in [0.05, 0.1) is 16.7 Å². The molecule has 2 aromatic carbocycles. The lowest BCUT2D eigenvalue weighted by atomic mass is 9.96. The van der Waals surface area contributed by atoms with Crippen LogP contribution in [-0.4, -0.2) is 102 Å². The quantitative estimate of drug-likeness (QED) is 0.573. The van der Waals surface area contributed by atoms with E-state index in [9.17, 15) is 18.8 Å². The van der Waals surface area contributed by atoms with Crippen LogP contribution in [0, 0.1) is 5.82 Å². The molecule has 0 aromatic heterocycles. The number of nitrogens with zero attached hydrogens (tertiary/aromatic N) is 4. The van der Waals surface area contributed by atoms with E-state index >= 15 is 0 Å². The lowest BCUT2D eigenvalue weighted by Gasteiger charge is -2.45. The third-order valence-electron chi connectivity index (χ3n) is 7.67. The van der Waals surface area contributed by atoms with Crippen LogP contribution in [0.25, 0.3) is 0 Å². The number of rotatable bonds is 3. The fourth-order valence-electron chi connectivity index (χ4n) is 5.40. The van der Waals surface area contributed by atoms with Gasteiger partial charge in [-0.05, 0) is 49.5 Å². The normalized spacial score (nSPS) is 21.7. The highest BCUT2D eigenvalue weighted by atomic mass is 35.5. The van der Waals surface area contributed by atoms with Crippen molar-refractivity contribution in [1.29, 1.82) is 0 Å². The van der Waals surface area contributed by atoms with Gasteiger partial charge in [0.1, 0.15) is 17.6 Å². The molecule has 3 saturated heterocycles. The predicted molar refractivity (Wildman–Crippen MR) is 141 cm³/mol. The van der Waals surface area contributed by atoms with E-state index in [0.29, 0.717) is 54.6 Å². The standard InChI is InChI=1S/C27H29Cl2FN4O4/c1-31-12-14-33(15-13-31)26(37)23-17-38-27(34(23)25(36)18-2-5-20(30)6-3-18)8-10-32(11-9-27)24(35)19-4-7-21(28)22(29)16-19/h2-7,16,23H,8-15,17H2,1H3. The van der Waals surface area contributed by atoms with E-state index in [-0.39, 0.29) is 29.9 Å². The van der Waals surface area contributed by atoms with Gasteiger partial charge in [-0.3, -0.25) is 19.3 Å². The van der Waals surface area contributed by atoms with E-state index in [1.54, 1.807) is 26.8 Å². The monoisotopic (exact) mass is 562 g/mol. The minimum absolute atomic E-state index is 0.0683. The Bertz CT molecular complexity index is 1230. The number of amides is 3. The van der Waals surface area contributed by atoms with Crippen molar-refractivity contribution in [1.82, 2.24) is 19.6 Å². The summed E-state index contributed by atoms with van der Waals surface area (Å²) in [6.45, 7) is 3.36. The molecule has 0 radical (unpaired) electrons. The first-order chi connectivity index (χ1) is 18.2. The predicted octanol–water partition coefficient (Wildman–Crippen LogP) is 3.38. The topological polar surface area (TPSA) is 73.4 Å². The lowest BCUT2D eigenvalue weighted by Crippen LogP contribution is -2.61. The number of hydrogen-bond acceptors (Lipinski definition) is 5. The number of carbonyl (C=O) groups is 3. The van der Waals surface area contributed by atoms with Crippen LogP contribution in [0.3, 0.4) is 0 Å². The van der Waals surface area contributed by atoms with Crippen molar-refractivity contribution in [3.63, 3.8) is 0 Å². The first-order valence-electron chi connectivity index (χ1n) is 12.6. The van der Waals surface area contributed by atoms with Crippen molar-refractivity contribution in [3.8, 4) is 0 Å². The van der Waals surface area contributed by atoms with Gasteiger partial charge in [-0.15, -0.1) is 0 Å². The summed E-state index contributed by atoms with van der Waals surface area (Å²) in [5.74, 6) is -1.19. The number of likely N-dealkylation sites (N-methyl/N-ethyl adjacent to an activating group) is 1. The second-order valence-electron chi connectivity index (χ2n) is 10.0. The highest BCUT2D eigenvalue weighted by Gasteiger charge is 2.55. The Kier molecular flexibility index (Phi) is 7.64. The van der Waals surface area contributed by atoms with E-state index in [4.69, 9.17) is 27.9 Å². The van der Waals surface area contributed by atoms with E-state index in [0.717, 1.165) is 13.1 Å². The van der Waals surface area contributed by atoms with Gasteiger partial charge in [0.2, 0.25) is 5.91 Å².